The number of ether oxygens (including phenoxy) is 1. The van der Waals surface area contributed by atoms with Crippen LogP contribution in [0.4, 0.5) is 14.5 Å². The molecule has 0 atom stereocenters. The number of benzene rings is 1. The standard InChI is InChI=1S/C9H10BrF2NO/c1-14-8-4-6(2-3-7(8)10)13-5-9(11)12/h2-4,9,13H,5H2,1H3. The molecule has 0 unspecified atom stereocenters. The Morgan fingerprint density at radius 1 is 1.50 bits per heavy atom. The van der Waals surface area contributed by atoms with Gasteiger partial charge in [-0.05, 0) is 28.1 Å². The fourth-order valence-corrected chi connectivity index (χ4v) is 1.37. The van der Waals surface area contributed by atoms with Gasteiger partial charge in [-0.15, -0.1) is 0 Å². The number of rotatable bonds is 4. The van der Waals surface area contributed by atoms with Crippen LogP contribution in [0.1, 0.15) is 0 Å². The molecule has 0 aromatic heterocycles. The summed E-state index contributed by atoms with van der Waals surface area (Å²) in [6.45, 7) is -0.356. The largest absolute Gasteiger partial charge is 0.495 e. The maximum atomic E-state index is 11.9. The van der Waals surface area contributed by atoms with Crippen LogP contribution in [0.3, 0.4) is 0 Å². The molecular weight excluding hydrogens is 256 g/mol. The van der Waals surface area contributed by atoms with E-state index in [0.29, 0.717) is 11.4 Å². The Labute approximate surface area is 89.4 Å². The van der Waals surface area contributed by atoms with Crippen LogP contribution >= 0.6 is 15.9 Å². The van der Waals surface area contributed by atoms with Gasteiger partial charge >= 0.3 is 0 Å². The van der Waals surface area contributed by atoms with Crippen molar-refractivity contribution in [2.24, 2.45) is 0 Å². The predicted molar refractivity (Wildman–Crippen MR) is 55.2 cm³/mol. The highest BCUT2D eigenvalue weighted by Crippen LogP contribution is 2.27. The van der Waals surface area contributed by atoms with Crippen LogP contribution < -0.4 is 10.1 Å². The van der Waals surface area contributed by atoms with Gasteiger partial charge in [-0.1, -0.05) is 0 Å². The molecule has 1 aromatic rings. The zero-order valence-electron chi connectivity index (χ0n) is 7.56. The molecule has 0 aliphatic rings. The molecule has 14 heavy (non-hydrogen) atoms. The van der Waals surface area contributed by atoms with Gasteiger partial charge in [0.05, 0.1) is 18.1 Å². The highest BCUT2D eigenvalue weighted by molar-refractivity contribution is 9.10. The summed E-state index contributed by atoms with van der Waals surface area (Å²) in [5, 5.41) is 2.60. The predicted octanol–water partition coefficient (Wildman–Crippen LogP) is 3.13. The SMILES string of the molecule is COc1cc(NCC(F)F)ccc1Br. The summed E-state index contributed by atoms with van der Waals surface area (Å²) in [5.41, 5.74) is 0.616. The fourth-order valence-electron chi connectivity index (χ4n) is 0.965. The zero-order chi connectivity index (χ0) is 10.6. The van der Waals surface area contributed by atoms with Crippen LogP contribution in [0.15, 0.2) is 22.7 Å². The molecule has 78 valence electrons. The number of halogens is 3. The van der Waals surface area contributed by atoms with Crippen LogP contribution in [-0.2, 0) is 0 Å². The minimum atomic E-state index is -2.36. The van der Waals surface area contributed by atoms with Crippen molar-refractivity contribution in [2.75, 3.05) is 19.0 Å². The number of hydrogen-bond acceptors (Lipinski definition) is 2. The van der Waals surface area contributed by atoms with Crippen molar-refractivity contribution in [2.45, 2.75) is 6.43 Å². The van der Waals surface area contributed by atoms with Crippen molar-refractivity contribution in [3.05, 3.63) is 22.7 Å². The molecule has 0 radical (unpaired) electrons. The lowest BCUT2D eigenvalue weighted by molar-refractivity contribution is 0.163. The van der Waals surface area contributed by atoms with Crippen LogP contribution in [0, 0.1) is 0 Å². The molecule has 0 heterocycles. The summed E-state index contributed by atoms with van der Waals surface area (Å²) >= 11 is 3.27. The minimum absolute atomic E-state index is 0.356. The molecule has 2 nitrogen and oxygen atoms in total. The average Bonchev–Trinajstić information content (AvgIpc) is 2.16. The third-order valence-electron chi connectivity index (χ3n) is 1.61. The summed E-state index contributed by atoms with van der Waals surface area (Å²) in [6.07, 6.45) is -2.36. The minimum Gasteiger partial charge on any atom is -0.495 e. The molecule has 1 aromatic carbocycles. The molecule has 0 saturated heterocycles. The molecular formula is C9H10BrF2NO. The molecule has 1 N–H and O–H groups in total. The molecule has 0 saturated carbocycles. The number of methoxy groups -OCH3 is 1. The summed E-state index contributed by atoms with van der Waals surface area (Å²) in [4.78, 5) is 0. The number of anilines is 1. The van der Waals surface area contributed by atoms with Crippen molar-refractivity contribution < 1.29 is 13.5 Å². The first-order chi connectivity index (χ1) is 6.63. The summed E-state index contributed by atoms with van der Waals surface area (Å²) in [5.74, 6) is 0.615. The zero-order valence-corrected chi connectivity index (χ0v) is 9.14. The molecule has 0 aliphatic carbocycles. The first-order valence-corrected chi connectivity index (χ1v) is 4.78. The van der Waals surface area contributed by atoms with Gasteiger partial charge in [0.25, 0.3) is 6.43 Å². The van der Waals surface area contributed by atoms with Gasteiger partial charge in [-0.25, -0.2) is 8.78 Å². The number of hydrogen-bond donors (Lipinski definition) is 1. The van der Waals surface area contributed by atoms with E-state index < -0.39 is 6.43 Å². The fraction of sp³-hybridized carbons (Fsp3) is 0.333. The Hall–Kier alpha value is -0.840. The van der Waals surface area contributed by atoms with Crippen molar-refractivity contribution in [3.8, 4) is 5.75 Å². The van der Waals surface area contributed by atoms with Crippen molar-refractivity contribution in [1.82, 2.24) is 0 Å². The molecule has 0 spiro atoms. The van der Waals surface area contributed by atoms with Crippen molar-refractivity contribution in [1.29, 1.82) is 0 Å². The first kappa shape index (κ1) is 11.2. The smallest absolute Gasteiger partial charge is 0.255 e. The second-order valence-corrected chi connectivity index (χ2v) is 3.48. The molecule has 0 fully saturated rings. The van der Waals surface area contributed by atoms with Crippen LogP contribution in [0.2, 0.25) is 0 Å². The maximum absolute atomic E-state index is 11.9. The van der Waals surface area contributed by atoms with Crippen molar-refractivity contribution in [3.63, 3.8) is 0 Å². The lowest BCUT2D eigenvalue weighted by Gasteiger charge is -2.08. The Morgan fingerprint density at radius 2 is 2.21 bits per heavy atom. The summed E-state index contributed by atoms with van der Waals surface area (Å²) in [7, 11) is 1.52. The third kappa shape index (κ3) is 3.14. The normalized spacial score (nSPS) is 10.4. The highest BCUT2D eigenvalue weighted by atomic mass is 79.9. The van der Waals surface area contributed by atoms with E-state index in [9.17, 15) is 8.78 Å². The lowest BCUT2D eigenvalue weighted by atomic mass is 10.3. The molecule has 5 heteroatoms. The van der Waals surface area contributed by atoms with Gasteiger partial charge < -0.3 is 10.1 Å². The van der Waals surface area contributed by atoms with Crippen LogP contribution in [0.25, 0.3) is 0 Å². The molecule has 0 aliphatic heterocycles. The van der Waals surface area contributed by atoms with E-state index in [1.165, 1.54) is 7.11 Å². The van der Waals surface area contributed by atoms with E-state index >= 15 is 0 Å². The van der Waals surface area contributed by atoms with Crippen molar-refractivity contribution >= 4 is 21.6 Å². The van der Waals surface area contributed by atoms with Gasteiger partial charge in [-0.3, -0.25) is 0 Å². The van der Waals surface area contributed by atoms with Gasteiger partial charge in [0.1, 0.15) is 5.75 Å². The third-order valence-corrected chi connectivity index (χ3v) is 2.27. The molecule has 0 amide bonds. The van der Waals surface area contributed by atoms with E-state index in [-0.39, 0.29) is 6.54 Å². The first-order valence-electron chi connectivity index (χ1n) is 3.99. The Balaban J connectivity index is 2.69. The molecule has 1 rings (SSSR count). The Bertz CT molecular complexity index is 307. The topological polar surface area (TPSA) is 21.3 Å². The number of alkyl halides is 2. The van der Waals surface area contributed by atoms with Gasteiger partial charge in [0.15, 0.2) is 0 Å². The Morgan fingerprint density at radius 3 is 2.79 bits per heavy atom. The lowest BCUT2D eigenvalue weighted by Crippen LogP contribution is -2.10. The van der Waals surface area contributed by atoms with E-state index in [1.54, 1.807) is 18.2 Å². The maximum Gasteiger partial charge on any atom is 0.255 e. The average molecular weight is 266 g/mol. The van der Waals surface area contributed by atoms with E-state index in [4.69, 9.17) is 4.74 Å². The monoisotopic (exact) mass is 265 g/mol. The number of nitrogens with one attached hydrogen (secondary N) is 1. The highest BCUT2D eigenvalue weighted by Gasteiger charge is 2.04. The molecule has 0 bridgehead atoms. The van der Waals surface area contributed by atoms with Crippen LogP contribution in [-0.4, -0.2) is 20.1 Å². The second-order valence-electron chi connectivity index (χ2n) is 2.62. The van der Waals surface area contributed by atoms with E-state index in [0.717, 1.165) is 4.47 Å². The summed E-state index contributed by atoms with van der Waals surface area (Å²) < 4.78 is 29.6. The van der Waals surface area contributed by atoms with E-state index in [2.05, 4.69) is 21.2 Å². The van der Waals surface area contributed by atoms with Gasteiger partial charge in [-0.2, -0.15) is 0 Å². The quantitative estimate of drug-likeness (QED) is 0.903. The van der Waals surface area contributed by atoms with Gasteiger partial charge in [0, 0.05) is 11.8 Å². The van der Waals surface area contributed by atoms with E-state index in [1.807, 2.05) is 0 Å². The van der Waals surface area contributed by atoms with Gasteiger partial charge in [0.2, 0.25) is 0 Å². The second kappa shape index (κ2) is 5.14. The van der Waals surface area contributed by atoms with Crippen LogP contribution in [0.5, 0.6) is 5.75 Å². The Kier molecular flexibility index (Phi) is 4.13. The summed E-state index contributed by atoms with van der Waals surface area (Å²) in [6, 6.07) is 5.11.